The Morgan fingerprint density at radius 2 is 2.22 bits per heavy atom. The molecule has 0 aliphatic rings. The number of hydrogen-bond acceptors (Lipinski definition) is 2. The number of carboxylic acid groups (broad SMARTS) is 1. The molecule has 3 N–H and O–H groups in total. The van der Waals surface area contributed by atoms with E-state index in [4.69, 9.17) is 10.8 Å². The lowest BCUT2D eigenvalue weighted by molar-refractivity contribution is 0.0697. The van der Waals surface area contributed by atoms with Crippen LogP contribution in [0.4, 0.5) is 0 Å². The molecule has 1 aromatic heterocycles. The number of carboxylic acids is 1. The van der Waals surface area contributed by atoms with Crippen LogP contribution in [0.15, 0.2) is 24.4 Å². The molecule has 0 unspecified atom stereocenters. The normalized spacial score (nSPS) is 11.0. The maximum Gasteiger partial charge on any atom is 0.335 e. The zero-order chi connectivity index (χ0) is 13.1. The van der Waals surface area contributed by atoms with Crippen LogP contribution >= 0.6 is 0 Å². The molecule has 0 aliphatic heterocycles. The molecule has 18 heavy (non-hydrogen) atoms. The Morgan fingerprint density at radius 1 is 1.44 bits per heavy atom. The summed E-state index contributed by atoms with van der Waals surface area (Å²) in [5.41, 5.74) is 8.14. The van der Waals surface area contributed by atoms with Gasteiger partial charge in [0.1, 0.15) is 0 Å². The Morgan fingerprint density at radius 3 is 2.83 bits per heavy atom. The van der Waals surface area contributed by atoms with Crippen LogP contribution in [0.2, 0.25) is 0 Å². The number of benzene rings is 1. The fourth-order valence-corrected chi connectivity index (χ4v) is 2.29. The molecule has 96 valence electrons. The second kappa shape index (κ2) is 5.23. The number of hydrogen-bond donors (Lipinski definition) is 2. The maximum atomic E-state index is 11.0. The molecule has 2 rings (SSSR count). The number of nitrogens with zero attached hydrogens (tertiary/aromatic N) is 1. The lowest BCUT2D eigenvalue weighted by Crippen LogP contribution is -2.09. The van der Waals surface area contributed by atoms with Gasteiger partial charge in [-0.2, -0.15) is 0 Å². The smallest absolute Gasteiger partial charge is 0.335 e. The van der Waals surface area contributed by atoms with Gasteiger partial charge in [-0.3, -0.25) is 0 Å². The van der Waals surface area contributed by atoms with E-state index in [1.807, 2.05) is 10.6 Å². The molecule has 0 saturated heterocycles. The minimum absolute atomic E-state index is 0.321. The number of rotatable bonds is 5. The average Bonchev–Trinajstić information content (AvgIpc) is 2.68. The number of fused-ring (bicyclic) bond motifs is 1. The summed E-state index contributed by atoms with van der Waals surface area (Å²) in [5, 5.41) is 10.2. The van der Waals surface area contributed by atoms with Crippen LogP contribution in [0.5, 0.6) is 0 Å². The van der Waals surface area contributed by atoms with Crippen LogP contribution in [-0.4, -0.2) is 22.2 Å². The number of nitrogens with two attached hydrogens (primary N) is 1. The molecule has 4 heteroatoms. The third-order valence-electron chi connectivity index (χ3n) is 3.10. The summed E-state index contributed by atoms with van der Waals surface area (Å²) in [5.74, 6) is -0.894. The zero-order valence-electron chi connectivity index (χ0n) is 10.5. The second-order valence-corrected chi connectivity index (χ2v) is 4.42. The summed E-state index contributed by atoms with van der Waals surface area (Å²) < 4.78 is 2.05. The summed E-state index contributed by atoms with van der Waals surface area (Å²) in [7, 11) is 0. The highest BCUT2D eigenvalue weighted by Crippen LogP contribution is 2.24. The zero-order valence-corrected chi connectivity index (χ0v) is 10.5. The first kappa shape index (κ1) is 12.6. The lowest BCUT2D eigenvalue weighted by Gasteiger charge is -2.03. The van der Waals surface area contributed by atoms with Gasteiger partial charge in [0.05, 0.1) is 5.56 Å². The van der Waals surface area contributed by atoms with E-state index in [1.54, 1.807) is 12.1 Å². The molecule has 0 fully saturated rings. The van der Waals surface area contributed by atoms with Crippen LogP contribution in [0.25, 0.3) is 10.9 Å². The second-order valence-electron chi connectivity index (χ2n) is 4.42. The number of aromatic nitrogens is 1. The lowest BCUT2D eigenvalue weighted by atomic mass is 10.1. The van der Waals surface area contributed by atoms with Crippen molar-refractivity contribution >= 4 is 16.9 Å². The largest absolute Gasteiger partial charge is 0.478 e. The molecule has 1 heterocycles. The average molecular weight is 246 g/mol. The molecule has 0 bridgehead atoms. The highest BCUT2D eigenvalue weighted by Gasteiger charge is 2.10. The van der Waals surface area contributed by atoms with Gasteiger partial charge in [0.25, 0.3) is 0 Å². The Balaban J connectivity index is 2.59. The van der Waals surface area contributed by atoms with Crippen molar-refractivity contribution in [2.75, 3.05) is 6.54 Å². The van der Waals surface area contributed by atoms with Crippen LogP contribution in [0.1, 0.15) is 29.3 Å². The summed E-state index contributed by atoms with van der Waals surface area (Å²) in [6.45, 7) is 3.40. The standard InChI is InChI=1S/C14H18N2O2/c1-2-3-11-9-16(7-6-15)13-8-10(14(17)18)4-5-12(11)13/h4-5,8-9H,2-3,6-7,15H2,1H3,(H,17,18). The van der Waals surface area contributed by atoms with E-state index in [2.05, 4.69) is 13.1 Å². The maximum absolute atomic E-state index is 11.0. The van der Waals surface area contributed by atoms with Crippen LogP contribution in [0.3, 0.4) is 0 Å². The van der Waals surface area contributed by atoms with E-state index >= 15 is 0 Å². The molecule has 0 aliphatic carbocycles. The molecule has 4 nitrogen and oxygen atoms in total. The van der Waals surface area contributed by atoms with Gasteiger partial charge in [0, 0.05) is 30.2 Å². The van der Waals surface area contributed by atoms with Crippen molar-refractivity contribution in [3.8, 4) is 0 Å². The summed E-state index contributed by atoms with van der Waals surface area (Å²) in [4.78, 5) is 11.0. The molecular weight excluding hydrogens is 228 g/mol. The number of aryl methyl sites for hydroxylation is 1. The fourth-order valence-electron chi connectivity index (χ4n) is 2.29. The molecule has 0 atom stereocenters. The van der Waals surface area contributed by atoms with E-state index in [0.29, 0.717) is 18.7 Å². The SMILES string of the molecule is CCCc1cn(CCN)c2cc(C(=O)O)ccc12. The monoisotopic (exact) mass is 246 g/mol. The Kier molecular flexibility index (Phi) is 3.67. The molecule has 0 radical (unpaired) electrons. The third-order valence-corrected chi connectivity index (χ3v) is 3.10. The third kappa shape index (κ3) is 2.24. The van der Waals surface area contributed by atoms with Crippen molar-refractivity contribution in [2.24, 2.45) is 5.73 Å². The molecule has 0 saturated carbocycles. The summed E-state index contributed by atoms with van der Waals surface area (Å²) >= 11 is 0. The predicted octanol–water partition coefficient (Wildman–Crippen LogP) is 2.25. The van der Waals surface area contributed by atoms with Gasteiger partial charge in [-0.25, -0.2) is 4.79 Å². The first-order valence-electron chi connectivity index (χ1n) is 6.22. The van der Waals surface area contributed by atoms with Gasteiger partial charge in [0.15, 0.2) is 0 Å². The van der Waals surface area contributed by atoms with Crippen molar-refractivity contribution < 1.29 is 9.90 Å². The Labute approximate surface area is 106 Å². The minimum Gasteiger partial charge on any atom is -0.478 e. The van der Waals surface area contributed by atoms with Gasteiger partial charge in [0.2, 0.25) is 0 Å². The van der Waals surface area contributed by atoms with Gasteiger partial charge >= 0.3 is 5.97 Å². The molecular formula is C14H18N2O2. The minimum atomic E-state index is -0.894. The molecule has 2 aromatic rings. The van der Waals surface area contributed by atoms with Crippen molar-refractivity contribution in [1.82, 2.24) is 4.57 Å². The molecule has 0 amide bonds. The molecule has 0 spiro atoms. The first-order valence-corrected chi connectivity index (χ1v) is 6.22. The van der Waals surface area contributed by atoms with Crippen LogP contribution < -0.4 is 5.73 Å². The van der Waals surface area contributed by atoms with Crippen molar-refractivity contribution in [3.63, 3.8) is 0 Å². The van der Waals surface area contributed by atoms with Gasteiger partial charge in [-0.05, 0) is 24.1 Å². The fraction of sp³-hybridized carbons (Fsp3) is 0.357. The Bertz CT molecular complexity index is 572. The van der Waals surface area contributed by atoms with E-state index in [-0.39, 0.29) is 0 Å². The van der Waals surface area contributed by atoms with E-state index in [9.17, 15) is 4.79 Å². The van der Waals surface area contributed by atoms with E-state index in [0.717, 1.165) is 23.7 Å². The summed E-state index contributed by atoms with van der Waals surface area (Å²) in [6, 6.07) is 5.29. The van der Waals surface area contributed by atoms with E-state index < -0.39 is 5.97 Å². The predicted molar refractivity (Wildman–Crippen MR) is 71.9 cm³/mol. The van der Waals surface area contributed by atoms with Crippen molar-refractivity contribution in [3.05, 3.63) is 35.5 Å². The topological polar surface area (TPSA) is 68.2 Å². The highest BCUT2D eigenvalue weighted by atomic mass is 16.4. The summed E-state index contributed by atoms with van der Waals surface area (Å²) in [6.07, 6.45) is 4.16. The Hall–Kier alpha value is -1.81. The van der Waals surface area contributed by atoms with Gasteiger partial charge in [-0.15, -0.1) is 0 Å². The quantitative estimate of drug-likeness (QED) is 0.850. The van der Waals surface area contributed by atoms with Crippen molar-refractivity contribution in [2.45, 2.75) is 26.3 Å². The number of aromatic carboxylic acids is 1. The van der Waals surface area contributed by atoms with Crippen molar-refractivity contribution in [1.29, 1.82) is 0 Å². The van der Waals surface area contributed by atoms with Gasteiger partial charge in [-0.1, -0.05) is 19.4 Å². The van der Waals surface area contributed by atoms with Crippen LogP contribution in [-0.2, 0) is 13.0 Å². The van der Waals surface area contributed by atoms with E-state index in [1.165, 1.54) is 5.56 Å². The molecule has 1 aromatic carbocycles. The highest BCUT2D eigenvalue weighted by molar-refractivity contribution is 5.94. The number of carbonyl (C=O) groups is 1. The van der Waals surface area contributed by atoms with Gasteiger partial charge < -0.3 is 15.4 Å². The first-order chi connectivity index (χ1) is 8.67. The van der Waals surface area contributed by atoms with Crippen LogP contribution in [0, 0.1) is 0 Å².